The monoisotopic (exact) mass is 313 g/mol. The first-order valence-corrected chi connectivity index (χ1v) is 14.5. The van der Waals surface area contributed by atoms with E-state index >= 15 is 0 Å². The van der Waals surface area contributed by atoms with Gasteiger partial charge in [-0.05, 0) is 0 Å². The Balaban J connectivity index is 2.12. The summed E-state index contributed by atoms with van der Waals surface area (Å²) in [4.78, 5) is 0. The van der Waals surface area contributed by atoms with Crippen LogP contribution in [0.3, 0.4) is 0 Å². The fourth-order valence-corrected chi connectivity index (χ4v) is 18.4. The van der Waals surface area contributed by atoms with Crippen molar-refractivity contribution < 1.29 is 34.8 Å². The molecule has 71 valence electrons. The minimum atomic E-state index is -3.79. The molecular formula is C7H7CdN2O3S. The van der Waals surface area contributed by atoms with Crippen LogP contribution in [0, 0.1) is 0 Å². The minimum absolute atomic E-state index is 0.645. The van der Waals surface area contributed by atoms with Crippen LogP contribution in [0.5, 0.6) is 0 Å². The second-order valence-corrected chi connectivity index (χ2v) is 21.2. The Bertz CT molecular complexity index is 474. The number of rotatable bonds is 1. The number of para-hydroxylation sites is 2. The number of hydrogen-bond acceptors (Lipinski definition) is 4. The Morgan fingerprint density at radius 1 is 1.21 bits per heavy atom. The van der Waals surface area contributed by atoms with Gasteiger partial charge in [-0.15, -0.1) is 0 Å². The van der Waals surface area contributed by atoms with Crippen molar-refractivity contribution in [2.45, 2.75) is 0 Å². The van der Waals surface area contributed by atoms with Gasteiger partial charge in [-0.25, -0.2) is 0 Å². The van der Waals surface area contributed by atoms with E-state index in [4.69, 9.17) is 4.55 Å². The molecule has 0 radical (unpaired) electrons. The Kier molecular flexibility index (Phi) is 1.66. The molecule has 0 aliphatic carbocycles. The Hall–Kier alpha value is -0.348. The van der Waals surface area contributed by atoms with E-state index in [1.807, 2.05) is 29.7 Å². The summed E-state index contributed by atoms with van der Waals surface area (Å²) < 4.78 is 35.1. The molecular weight excluding hydrogens is 305 g/mol. The first kappa shape index (κ1) is 8.92. The van der Waals surface area contributed by atoms with Gasteiger partial charge in [0.25, 0.3) is 0 Å². The van der Waals surface area contributed by atoms with Gasteiger partial charge in [-0.2, -0.15) is 0 Å². The first-order valence-electron chi connectivity index (χ1n) is 4.34. The second-order valence-electron chi connectivity index (χ2n) is 3.69. The molecule has 2 bridgehead atoms. The number of anilines is 2. The topological polar surface area (TPSA) is 60.9 Å². The van der Waals surface area contributed by atoms with Crippen LogP contribution in [0.1, 0.15) is 0 Å². The molecule has 1 saturated heterocycles. The molecule has 4 rings (SSSR count). The molecule has 1 aromatic carbocycles. The van der Waals surface area contributed by atoms with Crippen LogP contribution in [0.4, 0.5) is 11.4 Å². The maximum atomic E-state index is 11.1. The van der Waals surface area contributed by atoms with Gasteiger partial charge in [0.15, 0.2) is 0 Å². The number of nitrogens with zero attached hydrogens (tertiary/aromatic N) is 2. The third kappa shape index (κ3) is 0.984. The Morgan fingerprint density at radius 3 is 2.14 bits per heavy atom. The Morgan fingerprint density at radius 2 is 1.71 bits per heavy atom. The van der Waals surface area contributed by atoms with E-state index in [0.29, 0.717) is 6.67 Å². The summed E-state index contributed by atoms with van der Waals surface area (Å²) in [6.45, 7) is -3.15. The zero-order valence-electron chi connectivity index (χ0n) is 7.29. The zero-order valence-corrected chi connectivity index (χ0v) is 12.1. The van der Waals surface area contributed by atoms with E-state index in [1.165, 1.54) is 0 Å². The van der Waals surface area contributed by atoms with Crippen molar-refractivity contribution in [2.24, 2.45) is 0 Å². The van der Waals surface area contributed by atoms with Crippen LogP contribution in [-0.2, 0) is 28.5 Å². The molecule has 1 N–H and O–H groups in total. The summed E-state index contributed by atoms with van der Waals surface area (Å²) in [5, 5.41) is 0. The molecule has 5 nitrogen and oxygen atoms in total. The molecule has 3 aliphatic rings. The SMILES string of the molecule is O=[S](=O)(O)[Cd]1[N]2C[N]1c1ccccc12. The van der Waals surface area contributed by atoms with E-state index < -0.39 is 28.5 Å². The van der Waals surface area contributed by atoms with Crippen LogP contribution >= 0.6 is 0 Å². The third-order valence-corrected chi connectivity index (χ3v) is 20.1. The molecule has 3 aliphatic heterocycles. The van der Waals surface area contributed by atoms with Crippen molar-refractivity contribution in [1.29, 1.82) is 0 Å². The number of hydrogen-bond donors (Lipinski definition) is 1. The van der Waals surface area contributed by atoms with Crippen LogP contribution < -0.4 is 5.42 Å². The van der Waals surface area contributed by atoms with E-state index in [1.54, 1.807) is 0 Å². The summed E-state index contributed by atoms with van der Waals surface area (Å²) in [5.41, 5.74) is 1.94. The standard InChI is InChI=1S/C7H6N2.Cd.HO3S/c1-2-4-7-6(3-1)8-5-9-7;;1-4(2)3/h1-4H,5H2;;(H,1,2,3)/q-2;+2;. The molecule has 0 aromatic heterocycles. The maximum absolute atomic E-state index is 11.1. The van der Waals surface area contributed by atoms with Gasteiger partial charge in [0, 0.05) is 0 Å². The van der Waals surface area contributed by atoms with E-state index in [2.05, 4.69) is 0 Å². The van der Waals surface area contributed by atoms with Crippen molar-refractivity contribution in [2.75, 3.05) is 12.1 Å². The van der Waals surface area contributed by atoms with Crippen molar-refractivity contribution in [3.05, 3.63) is 24.3 Å². The average molecular weight is 312 g/mol. The summed E-state index contributed by atoms with van der Waals surface area (Å²) in [6, 6.07) is 7.58. The predicted molar refractivity (Wildman–Crippen MR) is 47.8 cm³/mol. The fraction of sp³-hybridized carbons (Fsp3) is 0.143. The van der Waals surface area contributed by atoms with E-state index in [0.717, 1.165) is 11.4 Å². The van der Waals surface area contributed by atoms with Crippen LogP contribution in [0.15, 0.2) is 24.3 Å². The summed E-state index contributed by atoms with van der Waals surface area (Å²) in [6.07, 6.45) is 0. The second kappa shape index (κ2) is 2.61. The molecule has 0 saturated carbocycles. The fourth-order valence-electron chi connectivity index (χ4n) is 2.29. The first-order chi connectivity index (χ1) is 6.59. The molecule has 1 aromatic rings. The van der Waals surface area contributed by atoms with Gasteiger partial charge in [0.1, 0.15) is 0 Å². The van der Waals surface area contributed by atoms with Gasteiger partial charge < -0.3 is 0 Å². The van der Waals surface area contributed by atoms with Crippen LogP contribution in [-0.4, -0.2) is 19.6 Å². The summed E-state index contributed by atoms with van der Waals surface area (Å²) in [5.74, 6) is 0. The van der Waals surface area contributed by atoms with Gasteiger partial charge in [-0.3, -0.25) is 0 Å². The van der Waals surface area contributed by atoms with Gasteiger partial charge in [0.05, 0.1) is 0 Å². The molecule has 0 amide bonds. The molecule has 3 heterocycles. The molecule has 0 unspecified atom stereocenters. The van der Waals surface area contributed by atoms with Gasteiger partial charge in [0.2, 0.25) is 0 Å². The average Bonchev–Trinajstić information content (AvgIpc) is 2.51. The summed E-state index contributed by atoms with van der Waals surface area (Å²) in [7, 11) is 0. The molecule has 7 heteroatoms. The molecule has 0 atom stereocenters. The van der Waals surface area contributed by atoms with Gasteiger partial charge >= 0.3 is 89.2 Å². The number of benzene rings is 1. The normalized spacial score (nSPS) is 18.2. The van der Waals surface area contributed by atoms with Crippen molar-refractivity contribution in [3.8, 4) is 0 Å². The van der Waals surface area contributed by atoms with E-state index in [-0.39, 0.29) is 0 Å². The van der Waals surface area contributed by atoms with Crippen LogP contribution in [0.25, 0.3) is 0 Å². The predicted octanol–water partition coefficient (Wildman–Crippen LogP) is 0.535. The van der Waals surface area contributed by atoms with Crippen molar-refractivity contribution in [3.63, 3.8) is 0 Å². The quantitative estimate of drug-likeness (QED) is 0.606. The molecule has 1 fully saturated rings. The van der Waals surface area contributed by atoms with Gasteiger partial charge in [-0.1, -0.05) is 0 Å². The van der Waals surface area contributed by atoms with E-state index in [9.17, 15) is 8.42 Å². The zero-order chi connectivity index (χ0) is 9.92. The Labute approximate surface area is 88.8 Å². The molecule has 14 heavy (non-hydrogen) atoms. The molecule has 0 spiro atoms. The van der Waals surface area contributed by atoms with Crippen molar-refractivity contribution >= 4 is 18.0 Å². The summed E-state index contributed by atoms with van der Waals surface area (Å²) >= 11 is -3.24. The third-order valence-electron chi connectivity index (χ3n) is 2.88. The van der Waals surface area contributed by atoms with Crippen LogP contribution in [0.2, 0.25) is 0 Å². The van der Waals surface area contributed by atoms with Crippen molar-refractivity contribution in [1.82, 2.24) is 0 Å².